The highest BCUT2D eigenvalue weighted by Gasteiger charge is 2.24. The van der Waals surface area contributed by atoms with E-state index in [0.29, 0.717) is 23.4 Å². The van der Waals surface area contributed by atoms with E-state index in [1.807, 2.05) is 55.5 Å². The molecule has 3 unspecified atom stereocenters. The molecule has 0 spiro atoms. The van der Waals surface area contributed by atoms with Gasteiger partial charge in [0.25, 0.3) is 0 Å². The highest BCUT2D eigenvalue weighted by Crippen LogP contribution is 2.33. The molecule has 0 amide bonds. The second-order valence-electron chi connectivity index (χ2n) is 8.97. The summed E-state index contributed by atoms with van der Waals surface area (Å²) in [5.41, 5.74) is 3.89. The lowest BCUT2D eigenvalue weighted by molar-refractivity contribution is 0.402. The van der Waals surface area contributed by atoms with Crippen molar-refractivity contribution in [2.75, 3.05) is 0 Å². The Morgan fingerprint density at radius 2 is 1.64 bits per heavy atom. The normalized spacial score (nSPS) is 21.5. The Morgan fingerprint density at radius 3 is 2.39 bits per heavy atom. The van der Waals surface area contributed by atoms with Gasteiger partial charge in [-0.1, -0.05) is 49.4 Å². The number of para-hydroxylation sites is 2. The second kappa shape index (κ2) is 9.07. The fourth-order valence-electron chi connectivity index (χ4n) is 4.42. The number of hydrogen-bond donors (Lipinski definition) is 0. The number of benzene rings is 2. The number of aromatic nitrogens is 4. The molecule has 0 fully saturated rings. The zero-order chi connectivity index (χ0) is 24.6. The first-order valence-electron chi connectivity index (χ1n) is 11.8. The Morgan fingerprint density at radius 1 is 0.861 bits per heavy atom. The number of allylic oxidation sites excluding steroid dienone is 8. The van der Waals surface area contributed by atoms with Gasteiger partial charge in [0.2, 0.25) is 5.89 Å². The molecule has 0 aliphatic heterocycles. The van der Waals surface area contributed by atoms with Crippen LogP contribution < -0.4 is 0 Å². The summed E-state index contributed by atoms with van der Waals surface area (Å²) in [6, 6.07) is 15.3. The molecule has 6 rings (SSSR count). The van der Waals surface area contributed by atoms with Crippen LogP contribution in [0.15, 0.2) is 95.2 Å². The van der Waals surface area contributed by atoms with E-state index in [1.54, 1.807) is 24.3 Å². The van der Waals surface area contributed by atoms with Crippen LogP contribution in [0.4, 0.5) is 8.78 Å². The maximum Gasteiger partial charge on any atom is 0.227 e. The van der Waals surface area contributed by atoms with Crippen molar-refractivity contribution in [1.82, 2.24) is 19.9 Å². The van der Waals surface area contributed by atoms with E-state index in [1.165, 1.54) is 12.2 Å². The minimum Gasteiger partial charge on any atom is -0.436 e. The van der Waals surface area contributed by atoms with E-state index in [-0.39, 0.29) is 24.1 Å². The quantitative estimate of drug-likeness (QED) is 0.310. The lowest BCUT2D eigenvalue weighted by Gasteiger charge is -2.21. The van der Waals surface area contributed by atoms with Gasteiger partial charge in [0.15, 0.2) is 17.2 Å². The van der Waals surface area contributed by atoms with Crippen molar-refractivity contribution in [1.29, 1.82) is 0 Å². The first kappa shape index (κ1) is 22.2. The Hall–Kier alpha value is -4.26. The second-order valence-corrected chi connectivity index (χ2v) is 8.97. The third-order valence-electron chi connectivity index (χ3n) is 6.39. The lowest BCUT2D eigenvalue weighted by Crippen LogP contribution is -2.15. The Bertz CT molecular complexity index is 1530. The van der Waals surface area contributed by atoms with Crippen LogP contribution in [0.5, 0.6) is 0 Å². The van der Waals surface area contributed by atoms with Gasteiger partial charge < -0.3 is 4.42 Å². The first-order valence-corrected chi connectivity index (χ1v) is 11.8. The highest BCUT2D eigenvalue weighted by atomic mass is 19.1. The summed E-state index contributed by atoms with van der Waals surface area (Å²) in [6.07, 6.45) is 9.05. The SMILES string of the molecule is CC1C=C(F)C=CC1c1nc(C2=CCC(F)C=C2)nc(-c2ccc(-c3nc4ccccc4o3)cc2)n1. The molecule has 0 radical (unpaired) electrons. The minimum atomic E-state index is -1.01. The summed E-state index contributed by atoms with van der Waals surface area (Å²) in [5.74, 6) is 1.45. The maximum absolute atomic E-state index is 13.8. The van der Waals surface area contributed by atoms with Gasteiger partial charge in [-0.2, -0.15) is 0 Å². The fourth-order valence-corrected chi connectivity index (χ4v) is 4.42. The third kappa shape index (κ3) is 4.28. The molecule has 3 atom stereocenters. The van der Waals surface area contributed by atoms with Crippen molar-refractivity contribution in [3.8, 4) is 22.8 Å². The minimum absolute atomic E-state index is 0.120. The smallest absolute Gasteiger partial charge is 0.227 e. The summed E-state index contributed by atoms with van der Waals surface area (Å²) in [4.78, 5) is 18.7. The van der Waals surface area contributed by atoms with Crippen LogP contribution in [0, 0.1) is 5.92 Å². The average Bonchev–Trinajstić information content (AvgIpc) is 3.33. The Balaban J connectivity index is 1.39. The summed E-state index contributed by atoms with van der Waals surface area (Å²) in [7, 11) is 0. The molecule has 0 saturated carbocycles. The van der Waals surface area contributed by atoms with Gasteiger partial charge in [-0.3, -0.25) is 0 Å². The van der Waals surface area contributed by atoms with Crippen LogP contribution >= 0.6 is 0 Å². The van der Waals surface area contributed by atoms with E-state index in [2.05, 4.69) is 4.98 Å². The maximum atomic E-state index is 13.8. The number of halogens is 2. The van der Waals surface area contributed by atoms with Gasteiger partial charge in [0.05, 0.1) is 0 Å². The Labute approximate surface area is 206 Å². The average molecular weight is 481 g/mol. The van der Waals surface area contributed by atoms with Crippen molar-refractivity contribution in [2.24, 2.45) is 5.92 Å². The molecule has 2 aliphatic carbocycles. The fraction of sp³-hybridized carbons (Fsp3) is 0.172. The van der Waals surface area contributed by atoms with Crippen molar-refractivity contribution < 1.29 is 13.2 Å². The largest absolute Gasteiger partial charge is 0.436 e. The van der Waals surface area contributed by atoms with E-state index in [4.69, 9.17) is 19.4 Å². The van der Waals surface area contributed by atoms with E-state index in [0.717, 1.165) is 27.8 Å². The summed E-state index contributed by atoms with van der Waals surface area (Å²) >= 11 is 0. The topological polar surface area (TPSA) is 64.7 Å². The molecule has 0 saturated heterocycles. The van der Waals surface area contributed by atoms with Gasteiger partial charge in [-0.05, 0) is 48.4 Å². The summed E-state index contributed by atoms with van der Waals surface area (Å²) in [5, 5.41) is 0. The molecule has 178 valence electrons. The predicted octanol–water partition coefficient (Wildman–Crippen LogP) is 7.17. The predicted molar refractivity (Wildman–Crippen MR) is 135 cm³/mol. The van der Waals surface area contributed by atoms with Crippen molar-refractivity contribution in [2.45, 2.75) is 25.4 Å². The van der Waals surface area contributed by atoms with Crippen LogP contribution in [0.1, 0.15) is 30.9 Å². The molecule has 2 aromatic carbocycles. The summed E-state index contributed by atoms with van der Waals surface area (Å²) < 4.78 is 33.3. The van der Waals surface area contributed by atoms with Crippen molar-refractivity contribution in [3.05, 3.63) is 102 Å². The van der Waals surface area contributed by atoms with E-state index in [9.17, 15) is 8.78 Å². The zero-order valence-corrected chi connectivity index (χ0v) is 19.5. The summed E-state index contributed by atoms with van der Waals surface area (Å²) in [6.45, 7) is 1.93. The van der Waals surface area contributed by atoms with Gasteiger partial charge in [0, 0.05) is 29.0 Å². The number of oxazole rings is 1. The molecule has 2 aliphatic rings. The van der Waals surface area contributed by atoms with Crippen LogP contribution in [-0.2, 0) is 0 Å². The van der Waals surface area contributed by atoms with Gasteiger partial charge in [0.1, 0.15) is 23.3 Å². The van der Waals surface area contributed by atoms with Gasteiger partial charge in [-0.15, -0.1) is 0 Å². The number of hydrogen-bond acceptors (Lipinski definition) is 5. The van der Waals surface area contributed by atoms with Gasteiger partial charge in [-0.25, -0.2) is 28.7 Å². The molecule has 5 nitrogen and oxygen atoms in total. The molecule has 4 aromatic rings. The Kier molecular flexibility index (Phi) is 5.60. The molecule has 2 aromatic heterocycles. The number of nitrogens with zero attached hydrogens (tertiary/aromatic N) is 4. The number of rotatable bonds is 4. The third-order valence-corrected chi connectivity index (χ3v) is 6.39. The first-order chi connectivity index (χ1) is 17.5. The lowest BCUT2D eigenvalue weighted by atomic mass is 9.89. The number of fused-ring (bicyclic) bond motifs is 1. The molecular formula is C29H22F2N4O. The van der Waals surface area contributed by atoms with Gasteiger partial charge >= 0.3 is 0 Å². The molecule has 0 N–H and O–H groups in total. The van der Waals surface area contributed by atoms with Crippen molar-refractivity contribution >= 4 is 16.7 Å². The van der Waals surface area contributed by atoms with E-state index >= 15 is 0 Å². The van der Waals surface area contributed by atoms with Crippen LogP contribution in [0.3, 0.4) is 0 Å². The van der Waals surface area contributed by atoms with Crippen LogP contribution in [0.2, 0.25) is 0 Å². The zero-order valence-electron chi connectivity index (χ0n) is 19.5. The highest BCUT2D eigenvalue weighted by molar-refractivity contribution is 5.76. The molecule has 2 heterocycles. The monoisotopic (exact) mass is 480 g/mol. The molecule has 36 heavy (non-hydrogen) atoms. The standard InChI is InChI=1S/C29H22F2N4O/c1-17-16-22(31)14-15-23(17)28-34-26(33-27(35-28)19-10-12-21(30)13-11-19)18-6-8-20(9-7-18)29-32-24-4-2-3-5-25(24)36-29/h2-12,14-17,21,23H,13H2,1H3. The molecule has 0 bridgehead atoms. The molecular weight excluding hydrogens is 458 g/mol. The van der Waals surface area contributed by atoms with Crippen molar-refractivity contribution in [3.63, 3.8) is 0 Å². The van der Waals surface area contributed by atoms with Crippen LogP contribution in [0.25, 0.3) is 39.5 Å². The molecule has 7 heteroatoms. The number of alkyl halides is 1. The van der Waals surface area contributed by atoms with E-state index < -0.39 is 6.17 Å². The van der Waals surface area contributed by atoms with Crippen LogP contribution in [-0.4, -0.2) is 26.1 Å².